The summed E-state index contributed by atoms with van der Waals surface area (Å²) in [6.45, 7) is 6.66. The first-order valence-electron chi connectivity index (χ1n) is 9.22. The van der Waals surface area contributed by atoms with Crippen LogP contribution in [0.2, 0.25) is 0 Å². The Kier molecular flexibility index (Phi) is 6.89. The average molecular weight is 388 g/mol. The molecule has 7 nitrogen and oxygen atoms in total. The molecule has 3 rings (SSSR count). The number of ketones is 1. The molecule has 0 saturated carbocycles. The van der Waals surface area contributed by atoms with Gasteiger partial charge in [-0.3, -0.25) is 14.5 Å². The number of piperazine rings is 1. The van der Waals surface area contributed by atoms with Crippen molar-refractivity contribution in [1.29, 1.82) is 0 Å². The monoisotopic (exact) mass is 387 g/mol. The number of anilines is 1. The normalized spacial score (nSPS) is 14.9. The molecular weight excluding hydrogens is 362 g/mol. The van der Waals surface area contributed by atoms with Gasteiger partial charge in [0.2, 0.25) is 11.9 Å². The number of hydrogen-bond acceptors (Lipinski definition) is 7. The van der Waals surface area contributed by atoms with Crippen LogP contribution in [0.15, 0.2) is 30.6 Å². The van der Waals surface area contributed by atoms with Crippen molar-refractivity contribution in [3.63, 3.8) is 0 Å². The lowest BCUT2D eigenvalue weighted by Gasteiger charge is -2.34. The molecule has 2 aromatic rings. The van der Waals surface area contributed by atoms with Gasteiger partial charge in [-0.1, -0.05) is 0 Å². The molecule has 0 aliphatic carbocycles. The highest BCUT2D eigenvalue weighted by Crippen LogP contribution is 2.19. The zero-order chi connectivity index (χ0) is 19.1. The van der Waals surface area contributed by atoms with Gasteiger partial charge in [0.05, 0.1) is 11.4 Å². The molecule has 3 heterocycles. The van der Waals surface area contributed by atoms with Crippen LogP contribution in [0, 0.1) is 0 Å². The predicted octanol–water partition coefficient (Wildman–Crippen LogP) is 1.96. The maximum absolute atomic E-state index is 12.4. The van der Waals surface area contributed by atoms with Gasteiger partial charge < -0.3 is 10.2 Å². The van der Waals surface area contributed by atoms with E-state index in [1.807, 2.05) is 18.2 Å². The quantitative estimate of drug-likeness (QED) is 0.698. The number of thiophene rings is 1. The molecule has 0 aromatic carbocycles. The summed E-state index contributed by atoms with van der Waals surface area (Å²) < 4.78 is 0. The summed E-state index contributed by atoms with van der Waals surface area (Å²) in [6, 6.07) is 5.61. The van der Waals surface area contributed by atoms with E-state index in [2.05, 4.69) is 25.1 Å². The third-order valence-corrected chi connectivity index (χ3v) is 5.66. The van der Waals surface area contributed by atoms with E-state index in [1.54, 1.807) is 12.4 Å². The smallest absolute Gasteiger partial charge is 0.225 e. The Bertz CT molecular complexity index is 756. The summed E-state index contributed by atoms with van der Waals surface area (Å²) in [5.74, 6) is 0.917. The van der Waals surface area contributed by atoms with Crippen LogP contribution in [0.25, 0.3) is 0 Å². The summed E-state index contributed by atoms with van der Waals surface area (Å²) in [5.41, 5.74) is 0. The van der Waals surface area contributed by atoms with Crippen molar-refractivity contribution in [2.24, 2.45) is 0 Å². The molecule has 0 radical (unpaired) electrons. The number of rotatable bonds is 8. The molecule has 144 valence electrons. The number of hydrogen-bond donors (Lipinski definition) is 1. The molecule has 1 aliphatic heterocycles. The minimum atomic E-state index is -0.0600. The zero-order valence-corrected chi connectivity index (χ0v) is 16.4. The summed E-state index contributed by atoms with van der Waals surface area (Å²) >= 11 is 1.47. The van der Waals surface area contributed by atoms with E-state index in [4.69, 9.17) is 0 Å². The third kappa shape index (κ3) is 5.83. The Hall–Kier alpha value is -2.32. The highest BCUT2D eigenvalue weighted by atomic mass is 32.1. The van der Waals surface area contributed by atoms with E-state index in [9.17, 15) is 9.59 Å². The largest absolute Gasteiger partial charge is 0.351 e. The van der Waals surface area contributed by atoms with Gasteiger partial charge >= 0.3 is 0 Å². The van der Waals surface area contributed by atoms with E-state index in [0.717, 1.165) is 54.8 Å². The van der Waals surface area contributed by atoms with Crippen molar-refractivity contribution in [2.45, 2.75) is 26.3 Å². The highest BCUT2D eigenvalue weighted by Gasteiger charge is 2.18. The van der Waals surface area contributed by atoms with Crippen molar-refractivity contribution in [1.82, 2.24) is 20.2 Å². The van der Waals surface area contributed by atoms with Gasteiger partial charge in [0.15, 0.2) is 5.78 Å². The second-order valence-corrected chi connectivity index (χ2v) is 7.75. The molecule has 1 saturated heterocycles. The minimum Gasteiger partial charge on any atom is -0.351 e. The fraction of sp³-hybridized carbons (Fsp3) is 0.474. The molecule has 2 aromatic heterocycles. The lowest BCUT2D eigenvalue weighted by atomic mass is 10.2. The van der Waals surface area contributed by atoms with E-state index >= 15 is 0 Å². The Morgan fingerprint density at radius 3 is 2.59 bits per heavy atom. The van der Waals surface area contributed by atoms with Gasteiger partial charge in [-0.05, 0) is 31.2 Å². The van der Waals surface area contributed by atoms with Crippen molar-refractivity contribution >= 4 is 29.0 Å². The summed E-state index contributed by atoms with van der Waals surface area (Å²) in [5, 5.41) is 2.76. The molecular formula is C19H25N5O2S. The van der Waals surface area contributed by atoms with Crippen LogP contribution in [0.1, 0.15) is 34.3 Å². The molecule has 1 fully saturated rings. The number of Topliss-reactive ketones (excluding diaryl/α,β-unsaturated/α-hetero) is 1. The Morgan fingerprint density at radius 2 is 1.89 bits per heavy atom. The maximum Gasteiger partial charge on any atom is 0.225 e. The first-order valence-corrected chi connectivity index (χ1v) is 10.0. The summed E-state index contributed by atoms with van der Waals surface area (Å²) in [7, 11) is 0. The summed E-state index contributed by atoms with van der Waals surface area (Å²) in [6.07, 6.45) is 4.96. The fourth-order valence-corrected chi connectivity index (χ4v) is 3.96. The third-order valence-electron chi connectivity index (χ3n) is 4.53. The summed E-state index contributed by atoms with van der Waals surface area (Å²) in [4.78, 5) is 38.3. The topological polar surface area (TPSA) is 78.4 Å². The van der Waals surface area contributed by atoms with Gasteiger partial charge in [0.1, 0.15) is 0 Å². The van der Waals surface area contributed by atoms with Crippen LogP contribution < -0.4 is 10.2 Å². The number of aromatic nitrogens is 2. The number of nitrogens with one attached hydrogen (secondary N) is 1. The van der Waals surface area contributed by atoms with Gasteiger partial charge in [0, 0.05) is 56.8 Å². The van der Waals surface area contributed by atoms with E-state index < -0.39 is 0 Å². The molecule has 1 aliphatic rings. The second kappa shape index (κ2) is 9.57. The van der Waals surface area contributed by atoms with Crippen LogP contribution in [0.4, 0.5) is 5.95 Å². The van der Waals surface area contributed by atoms with Crippen LogP contribution >= 0.6 is 11.3 Å². The fourth-order valence-electron chi connectivity index (χ4n) is 3.05. The van der Waals surface area contributed by atoms with Crippen molar-refractivity contribution in [3.05, 3.63) is 40.3 Å². The molecule has 0 bridgehead atoms. The van der Waals surface area contributed by atoms with E-state index in [0.29, 0.717) is 13.0 Å². The molecule has 27 heavy (non-hydrogen) atoms. The second-order valence-electron chi connectivity index (χ2n) is 6.58. The van der Waals surface area contributed by atoms with E-state index in [-0.39, 0.29) is 11.7 Å². The lowest BCUT2D eigenvalue weighted by Crippen LogP contribution is -2.47. The number of nitrogens with zero attached hydrogens (tertiary/aromatic N) is 4. The molecule has 0 atom stereocenters. The van der Waals surface area contributed by atoms with Crippen LogP contribution in [0.5, 0.6) is 0 Å². The molecule has 0 spiro atoms. The zero-order valence-electron chi connectivity index (χ0n) is 15.6. The number of amides is 1. The van der Waals surface area contributed by atoms with Gasteiger partial charge in [-0.15, -0.1) is 11.3 Å². The molecule has 1 amide bonds. The minimum absolute atomic E-state index is 0.0600. The SMILES string of the molecule is CC(=O)NCc1ccc(C(=O)CCCN2CCN(c3ncccn3)CC2)s1. The first kappa shape index (κ1) is 19.4. The maximum atomic E-state index is 12.4. The Labute approximate surface area is 163 Å². The standard InChI is InChI=1S/C19H25N5O2S/c1-15(25)22-14-16-5-6-18(27-16)17(26)4-2-9-23-10-12-24(13-11-23)19-20-7-3-8-21-19/h3,5-8H,2,4,9-14H2,1H3,(H,22,25). The van der Waals surface area contributed by atoms with Gasteiger partial charge in [-0.2, -0.15) is 0 Å². The molecule has 8 heteroatoms. The Morgan fingerprint density at radius 1 is 1.15 bits per heavy atom. The Balaban J connectivity index is 1.36. The number of carbonyl (C=O) groups excluding carboxylic acids is 2. The van der Waals surface area contributed by atoms with Crippen molar-refractivity contribution < 1.29 is 9.59 Å². The first-order chi connectivity index (χ1) is 13.1. The highest BCUT2D eigenvalue weighted by molar-refractivity contribution is 7.14. The van der Waals surface area contributed by atoms with Crippen LogP contribution in [-0.4, -0.2) is 59.3 Å². The molecule has 1 N–H and O–H groups in total. The lowest BCUT2D eigenvalue weighted by molar-refractivity contribution is -0.119. The van der Waals surface area contributed by atoms with Crippen LogP contribution in [-0.2, 0) is 11.3 Å². The van der Waals surface area contributed by atoms with Crippen molar-refractivity contribution in [2.75, 3.05) is 37.6 Å². The van der Waals surface area contributed by atoms with Gasteiger partial charge in [-0.25, -0.2) is 9.97 Å². The average Bonchev–Trinajstić information content (AvgIpc) is 3.17. The van der Waals surface area contributed by atoms with Gasteiger partial charge in [0.25, 0.3) is 0 Å². The van der Waals surface area contributed by atoms with Crippen molar-refractivity contribution in [3.8, 4) is 0 Å². The van der Waals surface area contributed by atoms with Crippen LogP contribution in [0.3, 0.4) is 0 Å². The predicted molar refractivity (Wildman–Crippen MR) is 106 cm³/mol. The number of carbonyl (C=O) groups is 2. The van der Waals surface area contributed by atoms with E-state index in [1.165, 1.54) is 18.3 Å². The molecule has 0 unspecified atom stereocenters.